The van der Waals surface area contributed by atoms with Gasteiger partial charge in [-0.1, -0.05) is 54.1 Å². The van der Waals surface area contributed by atoms with Gasteiger partial charge in [0.15, 0.2) is 5.65 Å². The maximum absolute atomic E-state index is 12.6. The SMILES string of the molecule is O=C(NCCCCNc1cc(-c2ccccc2Cl)nc2c(Br)cnn12)C1Cc2ccccc2C1. The van der Waals surface area contributed by atoms with Crippen molar-refractivity contribution in [1.29, 1.82) is 0 Å². The Balaban J connectivity index is 1.15. The lowest BCUT2D eigenvalue weighted by molar-refractivity contribution is -0.124. The Morgan fingerprint density at radius 1 is 1.06 bits per heavy atom. The number of halogens is 2. The molecule has 0 saturated carbocycles. The lowest BCUT2D eigenvalue weighted by Crippen LogP contribution is -2.32. The highest BCUT2D eigenvalue weighted by Gasteiger charge is 2.26. The van der Waals surface area contributed by atoms with Crippen molar-refractivity contribution >= 4 is 44.9 Å². The molecule has 4 aromatic rings. The third-order valence-corrected chi connectivity index (χ3v) is 7.10. The third-order valence-electron chi connectivity index (χ3n) is 6.21. The van der Waals surface area contributed by atoms with Gasteiger partial charge in [0.2, 0.25) is 5.91 Å². The summed E-state index contributed by atoms with van der Waals surface area (Å²) >= 11 is 9.94. The van der Waals surface area contributed by atoms with Crippen molar-refractivity contribution in [1.82, 2.24) is 19.9 Å². The van der Waals surface area contributed by atoms with Crippen molar-refractivity contribution in [3.05, 3.63) is 81.4 Å². The molecule has 0 radical (unpaired) electrons. The fourth-order valence-electron chi connectivity index (χ4n) is 4.44. The summed E-state index contributed by atoms with van der Waals surface area (Å²) < 4.78 is 2.60. The van der Waals surface area contributed by atoms with Crippen molar-refractivity contribution in [2.45, 2.75) is 25.7 Å². The minimum absolute atomic E-state index is 0.0575. The number of benzene rings is 2. The molecule has 2 N–H and O–H groups in total. The number of fused-ring (bicyclic) bond motifs is 2. The van der Waals surface area contributed by atoms with Crippen LogP contribution in [0.4, 0.5) is 5.82 Å². The number of aromatic nitrogens is 3. The van der Waals surface area contributed by atoms with Crippen LogP contribution in [0.25, 0.3) is 16.9 Å². The highest BCUT2D eigenvalue weighted by atomic mass is 79.9. The highest BCUT2D eigenvalue weighted by Crippen LogP contribution is 2.30. The summed E-state index contributed by atoms with van der Waals surface area (Å²) in [5.41, 5.74) is 4.99. The summed E-state index contributed by atoms with van der Waals surface area (Å²) in [5.74, 6) is 1.06. The topological polar surface area (TPSA) is 71.3 Å². The van der Waals surface area contributed by atoms with Gasteiger partial charge in [0, 0.05) is 35.7 Å². The van der Waals surface area contributed by atoms with Crippen molar-refractivity contribution in [2.24, 2.45) is 5.92 Å². The van der Waals surface area contributed by atoms with Gasteiger partial charge in [-0.3, -0.25) is 4.79 Å². The van der Waals surface area contributed by atoms with Gasteiger partial charge in [-0.05, 0) is 58.8 Å². The van der Waals surface area contributed by atoms with Crippen molar-refractivity contribution in [3.63, 3.8) is 0 Å². The van der Waals surface area contributed by atoms with Gasteiger partial charge in [-0.2, -0.15) is 9.61 Å². The van der Waals surface area contributed by atoms with E-state index >= 15 is 0 Å². The van der Waals surface area contributed by atoms with E-state index in [1.165, 1.54) is 11.1 Å². The predicted octanol–water partition coefficient (Wildman–Crippen LogP) is 5.54. The first-order valence-corrected chi connectivity index (χ1v) is 12.6. The Kier molecular flexibility index (Phi) is 6.83. The Hall–Kier alpha value is -2.90. The van der Waals surface area contributed by atoms with E-state index in [2.05, 4.69) is 43.8 Å². The van der Waals surface area contributed by atoms with Gasteiger partial charge in [0.1, 0.15) is 5.82 Å². The van der Waals surface area contributed by atoms with E-state index in [4.69, 9.17) is 16.6 Å². The Morgan fingerprint density at radius 3 is 2.53 bits per heavy atom. The molecule has 1 amide bonds. The number of hydrogen-bond donors (Lipinski definition) is 2. The normalized spacial score (nSPS) is 13.2. The summed E-state index contributed by atoms with van der Waals surface area (Å²) in [4.78, 5) is 17.3. The molecule has 1 aliphatic carbocycles. The minimum atomic E-state index is 0.0575. The molecule has 2 aromatic heterocycles. The first-order valence-electron chi connectivity index (χ1n) is 11.5. The molecule has 0 spiro atoms. The van der Waals surface area contributed by atoms with Gasteiger partial charge >= 0.3 is 0 Å². The van der Waals surface area contributed by atoms with Crippen LogP contribution in [0, 0.1) is 5.92 Å². The number of nitrogens with one attached hydrogen (secondary N) is 2. The van der Waals surface area contributed by atoms with Crippen LogP contribution in [0.2, 0.25) is 5.02 Å². The second-order valence-electron chi connectivity index (χ2n) is 8.53. The van der Waals surface area contributed by atoms with Gasteiger partial charge < -0.3 is 10.6 Å². The minimum Gasteiger partial charge on any atom is -0.370 e. The molecule has 5 rings (SSSR count). The van der Waals surface area contributed by atoms with E-state index in [1.807, 2.05) is 42.5 Å². The van der Waals surface area contributed by atoms with Crippen molar-refractivity contribution in [3.8, 4) is 11.3 Å². The summed E-state index contributed by atoms with van der Waals surface area (Å²) in [6, 6.07) is 18.0. The summed E-state index contributed by atoms with van der Waals surface area (Å²) in [6.45, 7) is 1.43. The van der Waals surface area contributed by atoms with Crippen LogP contribution in [0.1, 0.15) is 24.0 Å². The number of anilines is 1. The fourth-order valence-corrected chi connectivity index (χ4v) is 5.02. The van der Waals surface area contributed by atoms with Crippen LogP contribution in [0.15, 0.2) is 65.3 Å². The number of hydrogen-bond acceptors (Lipinski definition) is 4. The first-order chi connectivity index (χ1) is 16.6. The van der Waals surface area contributed by atoms with Crippen LogP contribution in [-0.2, 0) is 17.6 Å². The van der Waals surface area contributed by atoms with E-state index in [1.54, 1.807) is 10.7 Å². The molecule has 8 heteroatoms. The third kappa shape index (κ3) is 4.81. The molecule has 0 aliphatic heterocycles. The summed E-state index contributed by atoms with van der Waals surface area (Å²) in [5, 5.41) is 11.7. The monoisotopic (exact) mass is 537 g/mol. The average molecular weight is 539 g/mol. The standard InChI is InChI=1S/C26H25BrClN5O/c27-21-16-31-33-24(15-23(32-25(21)33)20-9-3-4-10-22(20)28)29-11-5-6-12-30-26(34)19-13-17-7-1-2-8-18(17)14-19/h1-4,7-10,15-16,19,29H,5-6,11-14H2,(H,30,34). The molecule has 0 atom stereocenters. The van der Waals surface area contributed by atoms with Gasteiger partial charge in [-0.25, -0.2) is 4.98 Å². The lowest BCUT2D eigenvalue weighted by atomic mass is 10.1. The number of carbonyl (C=O) groups is 1. The highest BCUT2D eigenvalue weighted by molar-refractivity contribution is 9.10. The molecule has 0 bridgehead atoms. The van der Waals surface area contributed by atoms with Crippen molar-refractivity contribution in [2.75, 3.05) is 18.4 Å². The van der Waals surface area contributed by atoms with E-state index in [9.17, 15) is 4.79 Å². The van der Waals surface area contributed by atoms with Crippen LogP contribution in [0.5, 0.6) is 0 Å². The molecule has 2 aromatic carbocycles. The molecule has 1 aliphatic rings. The molecule has 34 heavy (non-hydrogen) atoms. The molecule has 2 heterocycles. The van der Waals surface area contributed by atoms with E-state index < -0.39 is 0 Å². The quantitative estimate of drug-likeness (QED) is 0.289. The maximum atomic E-state index is 12.6. The largest absolute Gasteiger partial charge is 0.370 e. The first kappa shape index (κ1) is 22.9. The number of carbonyl (C=O) groups excluding carboxylic acids is 1. The van der Waals surface area contributed by atoms with Gasteiger partial charge in [0.25, 0.3) is 0 Å². The number of rotatable bonds is 8. The van der Waals surface area contributed by atoms with Crippen molar-refractivity contribution < 1.29 is 4.79 Å². The van der Waals surface area contributed by atoms with Crippen LogP contribution < -0.4 is 10.6 Å². The van der Waals surface area contributed by atoms with Gasteiger partial charge in [0.05, 0.1) is 16.4 Å². The fraction of sp³-hybridized carbons (Fsp3) is 0.269. The molecule has 0 saturated heterocycles. The number of unbranched alkanes of at least 4 members (excludes halogenated alkanes) is 1. The number of amides is 1. The predicted molar refractivity (Wildman–Crippen MR) is 139 cm³/mol. The smallest absolute Gasteiger partial charge is 0.223 e. The van der Waals surface area contributed by atoms with E-state index in [-0.39, 0.29) is 11.8 Å². The number of nitrogens with zero attached hydrogens (tertiary/aromatic N) is 3. The van der Waals surface area contributed by atoms with E-state index in [0.29, 0.717) is 11.6 Å². The summed E-state index contributed by atoms with van der Waals surface area (Å²) in [7, 11) is 0. The Morgan fingerprint density at radius 2 is 1.76 bits per heavy atom. The average Bonchev–Trinajstić information content (AvgIpc) is 3.45. The molecule has 174 valence electrons. The second-order valence-corrected chi connectivity index (χ2v) is 9.79. The van der Waals surface area contributed by atoms with Crippen LogP contribution in [0.3, 0.4) is 0 Å². The zero-order chi connectivity index (χ0) is 23.5. The summed E-state index contributed by atoms with van der Waals surface area (Å²) in [6.07, 6.45) is 5.23. The second kappa shape index (κ2) is 10.2. The lowest BCUT2D eigenvalue weighted by Gasteiger charge is -2.12. The van der Waals surface area contributed by atoms with Gasteiger partial charge in [-0.15, -0.1) is 0 Å². The Labute approximate surface area is 211 Å². The van der Waals surface area contributed by atoms with E-state index in [0.717, 1.165) is 59.4 Å². The Bertz CT molecular complexity index is 1310. The zero-order valence-corrected chi connectivity index (χ0v) is 20.9. The van der Waals surface area contributed by atoms with Crippen LogP contribution >= 0.6 is 27.5 Å². The molecular weight excluding hydrogens is 514 g/mol. The molecule has 0 fully saturated rings. The van der Waals surface area contributed by atoms with Crippen LogP contribution in [-0.4, -0.2) is 33.6 Å². The maximum Gasteiger partial charge on any atom is 0.223 e. The molecule has 6 nitrogen and oxygen atoms in total. The molecular formula is C26H25BrClN5O. The zero-order valence-electron chi connectivity index (χ0n) is 18.6. The molecule has 0 unspecified atom stereocenters.